The minimum absolute atomic E-state index is 0.130. The minimum Gasteiger partial charge on any atom is -0.381 e. The van der Waals surface area contributed by atoms with Gasteiger partial charge in [-0.05, 0) is 37.0 Å². The lowest BCUT2D eigenvalue weighted by atomic mass is 9.97. The van der Waals surface area contributed by atoms with Gasteiger partial charge in [0.25, 0.3) is 0 Å². The Morgan fingerprint density at radius 1 is 1.20 bits per heavy atom. The van der Waals surface area contributed by atoms with Gasteiger partial charge in [-0.1, -0.05) is 38.8 Å². The standard InChI is InChI=1S/C15H21ClF3N/c1-4-10(3)8-12(5-2)20-14-9-11(15(17,18)19)6-7-13(14)16/h6-7,9-10,12,20H,4-5,8H2,1-3H3. The van der Waals surface area contributed by atoms with Gasteiger partial charge in [-0.25, -0.2) is 0 Å². The fraction of sp³-hybridized carbons (Fsp3) is 0.600. The molecule has 0 aliphatic heterocycles. The molecule has 2 unspecified atom stereocenters. The van der Waals surface area contributed by atoms with Gasteiger partial charge in [-0.2, -0.15) is 13.2 Å². The van der Waals surface area contributed by atoms with E-state index < -0.39 is 11.7 Å². The summed E-state index contributed by atoms with van der Waals surface area (Å²) in [4.78, 5) is 0. The smallest absolute Gasteiger partial charge is 0.381 e. The van der Waals surface area contributed by atoms with Crippen LogP contribution in [-0.2, 0) is 6.18 Å². The minimum atomic E-state index is -4.35. The van der Waals surface area contributed by atoms with Crippen molar-refractivity contribution >= 4 is 17.3 Å². The van der Waals surface area contributed by atoms with Crippen LogP contribution in [0.1, 0.15) is 45.6 Å². The van der Waals surface area contributed by atoms with E-state index in [0.717, 1.165) is 31.4 Å². The molecule has 5 heteroatoms. The van der Waals surface area contributed by atoms with Gasteiger partial charge < -0.3 is 5.32 Å². The molecule has 0 heterocycles. The van der Waals surface area contributed by atoms with Gasteiger partial charge in [0.2, 0.25) is 0 Å². The fourth-order valence-electron chi connectivity index (χ4n) is 2.01. The maximum Gasteiger partial charge on any atom is 0.416 e. The second-order valence-electron chi connectivity index (χ2n) is 5.19. The van der Waals surface area contributed by atoms with Crippen LogP contribution >= 0.6 is 11.6 Å². The van der Waals surface area contributed by atoms with Crippen LogP contribution in [0, 0.1) is 5.92 Å². The molecule has 0 spiro atoms. The predicted octanol–water partition coefficient (Wildman–Crippen LogP) is 5.99. The van der Waals surface area contributed by atoms with E-state index in [4.69, 9.17) is 11.6 Å². The summed E-state index contributed by atoms with van der Waals surface area (Å²) in [6, 6.07) is 3.51. The molecule has 0 fully saturated rings. The Balaban J connectivity index is 2.89. The number of hydrogen-bond donors (Lipinski definition) is 1. The summed E-state index contributed by atoms with van der Waals surface area (Å²) >= 11 is 5.99. The third kappa shape index (κ3) is 4.89. The Morgan fingerprint density at radius 3 is 2.35 bits per heavy atom. The van der Waals surface area contributed by atoms with E-state index in [-0.39, 0.29) is 6.04 Å². The Hall–Kier alpha value is -0.900. The van der Waals surface area contributed by atoms with Gasteiger partial charge in [0.15, 0.2) is 0 Å². The molecule has 20 heavy (non-hydrogen) atoms. The molecule has 0 bridgehead atoms. The van der Waals surface area contributed by atoms with Crippen LogP contribution in [0.25, 0.3) is 0 Å². The molecular weight excluding hydrogens is 287 g/mol. The van der Waals surface area contributed by atoms with E-state index in [1.54, 1.807) is 0 Å². The van der Waals surface area contributed by atoms with Crippen LogP contribution < -0.4 is 5.32 Å². The number of anilines is 1. The van der Waals surface area contributed by atoms with E-state index in [9.17, 15) is 13.2 Å². The average molecular weight is 308 g/mol. The average Bonchev–Trinajstić information content (AvgIpc) is 2.38. The number of alkyl halides is 3. The zero-order valence-electron chi connectivity index (χ0n) is 12.0. The lowest BCUT2D eigenvalue weighted by Crippen LogP contribution is -2.21. The maximum absolute atomic E-state index is 12.7. The molecule has 1 N–H and O–H groups in total. The monoisotopic (exact) mass is 307 g/mol. The van der Waals surface area contributed by atoms with Crippen molar-refractivity contribution in [1.29, 1.82) is 0 Å². The normalized spacial score (nSPS) is 14.9. The largest absolute Gasteiger partial charge is 0.416 e. The summed E-state index contributed by atoms with van der Waals surface area (Å²) in [5.41, 5.74) is -0.320. The summed E-state index contributed by atoms with van der Waals surface area (Å²) in [7, 11) is 0. The van der Waals surface area contributed by atoms with E-state index in [1.807, 2.05) is 6.92 Å². The first-order valence-corrected chi connectivity index (χ1v) is 7.29. The van der Waals surface area contributed by atoms with E-state index >= 15 is 0 Å². The highest BCUT2D eigenvalue weighted by atomic mass is 35.5. The highest BCUT2D eigenvalue weighted by Crippen LogP contribution is 2.34. The van der Waals surface area contributed by atoms with Crippen LogP contribution in [0.5, 0.6) is 0 Å². The predicted molar refractivity (Wildman–Crippen MR) is 78.2 cm³/mol. The number of hydrogen-bond acceptors (Lipinski definition) is 1. The molecule has 1 rings (SSSR count). The van der Waals surface area contributed by atoms with Gasteiger partial charge in [0.05, 0.1) is 16.3 Å². The van der Waals surface area contributed by atoms with Crippen molar-refractivity contribution in [3.05, 3.63) is 28.8 Å². The summed E-state index contributed by atoms with van der Waals surface area (Å²) in [5.74, 6) is 0.525. The first kappa shape index (κ1) is 17.2. The van der Waals surface area contributed by atoms with E-state index in [2.05, 4.69) is 19.2 Å². The van der Waals surface area contributed by atoms with Crippen LogP contribution in [0.15, 0.2) is 18.2 Å². The van der Waals surface area contributed by atoms with Gasteiger partial charge in [0, 0.05) is 6.04 Å². The van der Waals surface area contributed by atoms with Gasteiger partial charge in [-0.3, -0.25) is 0 Å². The van der Waals surface area contributed by atoms with Crippen molar-refractivity contribution in [3.63, 3.8) is 0 Å². The first-order valence-electron chi connectivity index (χ1n) is 6.91. The Kier molecular flexibility index (Phi) is 6.18. The van der Waals surface area contributed by atoms with Gasteiger partial charge in [0.1, 0.15) is 0 Å². The quantitative estimate of drug-likeness (QED) is 0.681. The van der Waals surface area contributed by atoms with Gasteiger partial charge >= 0.3 is 6.18 Å². The zero-order valence-corrected chi connectivity index (χ0v) is 12.8. The SMILES string of the molecule is CCC(C)CC(CC)Nc1cc(C(F)(F)F)ccc1Cl. The first-order chi connectivity index (χ1) is 9.27. The molecule has 114 valence electrons. The van der Waals surface area contributed by atoms with Crippen molar-refractivity contribution in [2.24, 2.45) is 5.92 Å². The maximum atomic E-state index is 12.7. The topological polar surface area (TPSA) is 12.0 Å². The molecule has 0 aliphatic carbocycles. The molecule has 1 aromatic carbocycles. The molecule has 0 aliphatic rings. The number of benzene rings is 1. The molecule has 1 aromatic rings. The molecule has 0 saturated carbocycles. The molecule has 0 saturated heterocycles. The lowest BCUT2D eigenvalue weighted by Gasteiger charge is -2.22. The molecular formula is C15H21ClF3N. The number of nitrogens with one attached hydrogen (secondary N) is 1. The number of rotatable bonds is 6. The van der Waals surface area contributed by atoms with Crippen molar-refractivity contribution in [1.82, 2.24) is 0 Å². The Morgan fingerprint density at radius 2 is 1.85 bits per heavy atom. The summed E-state index contributed by atoms with van der Waals surface area (Å²) in [6.45, 7) is 6.26. The van der Waals surface area contributed by atoms with Crippen LogP contribution in [0.2, 0.25) is 5.02 Å². The van der Waals surface area contributed by atoms with Crippen LogP contribution in [0.3, 0.4) is 0 Å². The Bertz CT molecular complexity index is 432. The molecule has 0 aromatic heterocycles. The lowest BCUT2D eigenvalue weighted by molar-refractivity contribution is -0.137. The van der Waals surface area contributed by atoms with Crippen LogP contribution in [-0.4, -0.2) is 6.04 Å². The second kappa shape index (κ2) is 7.21. The molecule has 0 radical (unpaired) electrons. The second-order valence-corrected chi connectivity index (χ2v) is 5.60. The summed E-state index contributed by atoms with van der Waals surface area (Å²) < 4.78 is 38.1. The van der Waals surface area contributed by atoms with Gasteiger partial charge in [-0.15, -0.1) is 0 Å². The molecule has 2 atom stereocenters. The van der Waals surface area contributed by atoms with Crippen molar-refractivity contribution in [2.45, 2.75) is 52.3 Å². The van der Waals surface area contributed by atoms with Crippen molar-refractivity contribution in [2.75, 3.05) is 5.32 Å². The Labute approximate surface area is 123 Å². The van der Waals surface area contributed by atoms with E-state index in [0.29, 0.717) is 16.6 Å². The summed E-state index contributed by atoms with van der Waals surface area (Å²) in [5, 5.41) is 3.46. The van der Waals surface area contributed by atoms with E-state index in [1.165, 1.54) is 6.07 Å². The highest BCUT2D eigenvalue weighted by Gasteiger charge is 2.31. The summed E-state index contributed by atoms with van der Waals surface area (Å²) in [6.07, 6.45) is -1.54. The fourth-order valence-corrected chi connectivity index (χ4v) is 2.18. The molecule has 1 nitrogen and oxygen atoms in total. The number of halogens is 4. The zero-order chi connectivity index (χ0) is 15.3. The van der Waals surface area contributed by atoms with Crippen molar-refractivity contribution in [3.8, 4) is 0 Å². The van der Waals surface area contributed by atoms with Crippen molar-refractivity contribution < 1.29 is 13.2 Å². The molecule has 0 amide bonds. The highest BCUT2D eigenvalue weighted by molar-refractivity contribution is 6.33. The third-order valence-corrected chi connectivity index (χ3v) is 3.86. The van der Waals surface area contributed by atoms with Crippen LogP contribution in [0.4, 0.5) is 18.9 Å². The third-order valence-electron chi connectivity index (χ3n) is 3.53.